The minimum Gasteiger partial charge on any atom is -0.453 e. The van der Waals surface area contributed by atoms with Crippen LogP contribution in [-0.2, 0) is 16.0 Å². The second-order valence-electron chi connectivity index (χ2n) is 10.3. The molecule has 1 aliphatic heterocycles. The summed E-state index contributed by atoms with van der Waals surface area (Å²) < 4.78 is 4.74. The summed E-state index contributed by atoms with van der Waals surface area (Å²) in [6.07, 6.45) is 5.12. The zero-order valence-corrected chi connectivity index (χ0v) is 22.6. The average molecular weight is 534 g/mol. The van der Waals surface area contributed by atoms with Gasteiger partial charge >= 0.3 is 6.09 Å². The Balaban J connectivity index is 0.00000306. The van der Waals surface area contributed by atoms with E-state index >= 15 is 0 Å². The summed E-state index contributed by atoms with van der Waals surface area (Å²) in [6.45, 7) is 4.90. The molecule has 200 valence electrons. The van der Waals surface area contributed by atoms with E-state index in [9.17, 15) is 14.7 Å². The lowest BCUT2D eigenvalue weighted by Crippen LogP contribution is -2.51. The van der Waals surface area contributed by atoms with Gasteiger partial charge in [-0.15, -0.1) is 24.8 Å². The van der Waals surface area contributed by atoms with Crippen LogP contribution in [0.15, 0.2) is 24.3 Å². The molecule has 3 rings (SSSR count). The quantitative estimate of drug-likeness (QED) is 0.388. The Labute approximate surface area is 221 Å². The number of nitrogens with two attached hydrogens (primary N) is 1. The van der Waals surface area contributed by atoms with Gasteiger partial charge in [-0.1, -0.05) is 44.9 Å². The van der Waals surface area contributed by atoms with Crippen LogP contribution in [0.25, 0.3) is 0 Å². The summed E-state index contributed by atoms with van der Waals surface area (Å²) in [5, 5.41) is 16.8. The second kappa shape index (κ2) is 14.2. The molecular formula is C25H42Cl2N4O4. The van der Waals surface area contributed by atoms with E-state index in [0.29, 0.717) is 38.4 Å². The molecule has 1 aromatic rings. The Hall–Kier alpha value is -1.58. The molecule has 35 heavy (non-hydrogen) atoms. The minimum absolute atomic E-state index is 0. The van der Waals surface area contributed by atoms with Crippen molar-refractivity contribution in [3.8, 4) is 0 Å². The maximum absolute atomic E-state index is 13.4. The normalized spacial score (nSPS) is 19.6. The Morgan fingerprint density at radius 1 is 1.20 bits per heavy atom. The van der Waals surface area contributed by atoms with E-state index in [-0.39, 0.29) is 42.2 Å². The molecular weight excluding hydrogens is 491 g/mol. The molecule has 1 saturated carbocycles. The van der Waals surface area contributed by atoms with Gasteiger partial charge in [0.05, 0.1) is 19.3 Å². The van der Waals surface area contributed by atoms with Crippen molar-refractivity contribution in [1.82, 2.24) is 10.6 Å². The summed E-state index contributed by atoms with van der Waals surface area (Å²) >= 11 is 0. The molecule has 1 aliphatic carbocycles. The van der Waals surface area contributed by atoms with Crippen LogP contribution in [0.3, 0.4) is 0 Å². The number of aliphatic hydroxyl groups excluding tert-OH is 1. The topological polar surface area (TPSA) is 117 Å². The molecule has 0 spiro atoms. The molecule has 2 aliphatic rings. The fraction of sp³-hybridized carbons (Fsp3) is 0.680. The highest BCUT2D eigenvalue weighted by Crippen LogP contribution is 2.32. The number of benzene rings is 1. The number of amides is 2. The number of carbonyl (C=O) groups is 2. The minimum atomic E-state index is -0.649. The standard InChI is InChI=1S/C25H40N4O4.2ClH/c1-25(2,13-20(26)22(30)15-27-18-9-5-6-10-18)14-23(31)29-16-19(28-24(32)33-3)12-17-8-4-7-11-21(17)29;;/h4,7-8,11,18-20,22,27,30H,5-6,9-10,12-16,26H2,1-3H3,(H,28,32);2*1H/t19?,20-,22-;;/m0../s1. The molecule has 5 N–H and O–H groups in total. The van der Waals surface area contributed by atoms with E-state index in [2.05, 4.69) is 10.6 Å². The van der Waals surface area contributed by atoms with Gasteiger partial charge in [-0.3, -0.25) is 4.79 Å². The number of methoxy groups -OCH3 is 1. The molecule has 3 atom stereocenters. The molecule has 8 nitrogen and oxygen atoms in total. The van der Waals surface area contributed by atoms with E-state index in [1.54, 1.807) is 4.90 Å². The van der Waals surface area contributed by atoms with Gasteiger partial charge in [0.1, 0.15) is 0 Å². The molecule has 1 unspecified atom stereocenters. The Kier molecular flexibility index (Phi) is 12.8. The number of carbonyl (C=O) groups excluding carboxylic acids is 2. The number of ether oxygens (including phenoxy) is 1. The first kappa shape index (κ1) is 31.4. The average Bonchev–Trinajstić information content (AvgIpc) is 3.29. The number of rotatable bonds is 9. The number of halogens is 2. The summed E-state index contributed by atoms with van der Waals surface area (Å²) in [4.78, 5) is 26.9. The fourth-order valence-corrected chi connectivity index (χ4v) is 5.07. The van der Waals surface area contributed by atoms with E-state index in [1.165, 1.54) is 20.0 Å². The third-order valence-electron chi connectivity index (χ3n) is 6.84. The number of nitrogens with one attached hydrogen (secondary N) is 2. The van der Waals surface area contributed by atoms with Crippen LogP contribution in [-0.4, -0.2) is 61.5 Å². The number of para-hydroxylation sites is 1. The third-order valence-corrected chi connectivity index (χ3v) is 6.84. The molecule has 10 heteroatoms. The van der Waals surface area contributed by atoms with Crippen LogP contribution < -0.4 is 21.3 Å². The molecule has 1 aromatic carbocycles. The van der Waals surface area contributed by atoms with E-state index < -0.39 is 18.2 Å². The van der Waals surface area contributed by atoms with E-state index in [4.69, 9.17) is 10.5 Å². The van der Waals surface area contributed by atoms with E-state index in [1.807, 2.05) is 38.1 Å². The first-order chi connectivity index (χ1) is 15.7. The van der Waals surface area contributed by atoms with Crippen molar-refractivity contribution in [2.75, 3.05) is 25.1 Å². The number of hydrogen-bond acceptors (Lipinski definition) is 6. The summed E-state index contributed by atoms with van der Waals surface area (Å²) in [6, 6.07) is 7.63. The first-order valence-electron chi connectivity index (χ1n) is 12.1. The second-order valence-corrected chi connectivity index (χ2v) is 10.3. The summed E-state index contributed by atoms with van der Waals surface area (Å²) in [5.74, 6) is -0.0189. The Morgan fingerprint density at radius 3 is 2.51 bits per heavy atom. The summed E-state index contributed by atoms with van der Waals surface area (Å²) in [7, 11) is 1.33. The first-order valence-corrected chi connectivity index (χ1v) is 12.1. The van der Waals surface area contributed by atoms with Crippen LogP contribution >= 0.6 is 24.8 Å². The van der Waals surface area contributed by atoms with Crippen molar-refractivity contribution in [1.29, 1.82) is 0 Å². The Bertz CT molecular complexity index is 820. The lowest BCUT2D eigenvalue weighted by atomic mass is 9.80. The van der Waals surface area contributed by atoms with Crippen molar-refractivity contribution in [3.63, 3.8) is 0 Å². The van der Waals surface area contributed by atoms with Crippen LogP contribution in [0, 0.1) is 5.41 Å². The van der Waals surface area contributed by atoms with Gasteiger partial charge in [0.15, 0.2) is 0 Å². The molecule has 0 saturated heterocycles. The van der Waals surface area contributed by atoms with Gasteiger partial charge in [-0.05, 0) is 42.7 Å². The van der Waals surface area contributed by atoms with Crippen LogP contribution in [0.5, 0.6) is 0 Å². The highest BCUT2D eigenvalue weighted by atomic mass is 35.5. The molecule has 2 amide bonds. The van der Waals surface area contributed by atoms with Gasteiger partial charge in [-0.25, -0.2) is 4.79 Å². The fourth-order valence-electron chi connectivity index (χ4n) is 5.07. The smallest absolute Gasteiger partial charge is 0.407 e. The summed E-state index contributed by atoms with van der Waals surface area (Å²) in [5.41, 5.74) is 7.84. The highest BCUT2D eigenvalue weighted by molar-refractivity contribution is 5.95. The number of anilines is 1. The molecule has 1 fully saturated rings. The van der Waals surface area contributed by atoms with Gasteiger partial charge in [-0.2, -0.15) is 0 Å². The number of aliphatic hydroxyl groups is 1. The highest BCUT2D eigenvalue weighted by Gasteiger charge is 2.34. The predicted octanol–water partition coefficient (Wildman–Crippen LogP) is 3.17. The predicted molar refractivity (Wildman–Crippen MR) is 144 cm³/mol. The number of alkyl carbamates (subject to hydrolysis) is 1. The monoisotopic (exact) mass is 532 g/mol. The maximum Gasteiger partial charge on any atom is 0.407 e. The lowest BCUT2D eigenvalue weighted by molar-refractivity contribution is -0.120. The maximum atomic E-state index is 13.4. The van der Waals surface area contributed by atoms with Crippen molar-refractivity contribution in [2.24, 2.45) is 11.1 Å². The molecule has 0 bridgehead atoms. The lowest BCUT2D eigenvalue weighted by Gasteiger charge is -2.37. The van der Waals surface area contributed by atoms with Gasteiger partial charge in [0.2, 0.25) is 5.91 Å². The van der Waals surface area contributed by atoms with Crippen LogP contribution in [0.1, 0.15) is 57.9 Å². The number of nitrogens with zero attached hydrogens (tertiary/aromatic N) is 1. The molecule has 1 heterocycles. The molecule has 0 aromatic heterocycles. The molecule has 0 radical (unpaired) electrons. The SMILES string of the molecule is COC(=O)NC1Cc2ccccc2N(C(=O)CC(C)(C)C[C@H](N)[C@@H](O)CNC2CCCC2)C1.Cl.Cl. The zero-order chi connectivity index (χ0) is 24.0. The number of fused-ring (bicyclic) bond motifs is 1. The Morgan fingerprint density at radius 2 is 1.86 bits per heavy atom. The van der Waals surface area contributed by atoms with Gasteiger partial charge in [0.25, 0.3) is 0 Å². The van der Waals surface area contributed by atoms with Crippen LogP contribution in [0.4, 0.5) is 10.5 Å². The van der Waals surface area contributed by atoms with Crippen molar-refractivity contribution in [3.05, 3.63) is 29.8 Å². The largest absolute Gasteiger partial charge is 0.453 e. The number of hydrogen-bond donors (Lipinski definition) is 4. The zero-order valence-electron chi connectivity index (χ0n) is 21.0. The van der Waals surface area contributed by atoms with Crippen LogP contribution in [0.2, 0.25) is 0 Å². The van der Waals surface area contributed by atoms with Gasteiger partial charge < -0.3 is 31.1 Å². The van der Waals surface area contributed by atoms with Crippen molar-refractivity contribution < 1.29 is 19.4 Å². The van der Waals surface area contributed by atoms with Crippen molar-refractivity contribution in [2.45, 2.75) is 83.0 Å². The van der Waals surface area contributed by atoms with E-state index in [0.717, 1.165) is 24.1 Å². The van der Waals surface area contributed by atoms with Crippen molar-refractivity contribution >= 4 is 42.5 Å². The van der Waals surface area contributed by atoms with Gasteiger partial charge in [0, 0.05) is 37.3 Å². The third kappa shape index (κ3) is 9.10.